The highest BCUT2D eigenvalue weighted by Crippen LogP contribution is 2.40. The van der Waals surface area contributed by atoms with Gasteiger partial charge < -0.3 is 5.32 Å². The lowest BCUT2D eigenvalue weighted by atomic mass is 9.97. The van der Waals surface area contributed by atoms with E-state index >= 15 is 0 Å². The van der Waals surface area contributed by atoms with Gasteiger partial charge in [0.2, 0.25) is 0 Å². The lowest BCUT2D eigenvalue weighted by Gasteiger charge is -2.14. The summed E-state index contributed by atoms with van der Waals surface area (Å²) in [6.07, 6.45) is 0. The number of fused-ring (bicyclic) bond motifs is 4. The Morgan fingerprint density at radius 2 is 1.17 bits per heavy atom. The van der Waals surface area contributed by atoms with Crippen molar-refractivity contribution in [1.82, 2.24) is 0 Å². The molecule has 0 aliphatic carbocycles. The average Bonchev–Trinajstić information content (AvgIpc) is 3.19. The fourth-order valence-electron chi connectivity index (χ4n) is 4.30. The van der Waals surface area contributed by atoms with Crippen molar-refractivity contribution in [3.05, 3.63) is 109 Å². The molecule has 0 atom stereocenters. The van der Waals surface area contributed by atoms with Crippen molar-refractivity contribution in [3.63, 3.8) is 0 Å². The quantitative estimate of drug-likeness (QED) is 0.313. The van der Waals surface area contributed by atoms with Crippen molar-refractivity contribution in [1.29, 1.82) is 0 Å². The van der Waals surface area contributed by atoms with Crippen LogP contribution in [0.4, 0.5) is 11.4 Å². The minimum Gasteiger partial charge on any atom is -0.354 e. The molecule has 1 nitrogen and oxygen atoms in total. The van der Waals surface area contributed by atoms with Crippen LogP contribution in [0.15, 0.2) is 109 Å². The van der Waals surface area contributed by atoms with Crippen molar-refractivity contribution in [2.75, 3.05) is 5.32 Å². The molecule has 0 fully saturated rings. The Bertz CT molecular complexity index is 1510. The maximum atomic E-state index is 3.75. The molecule has 0 spiro atoms. The molecule has 0 bridgehead atoms. The molecule has 2 heteroatoms. The summed E-state index contributed by atoms with van der Waals surface area (Å²) >= 11 is 1.85. The van der Waals surface area contributed by atoms with Crippen LogP contribution in [0.2, 0.25) is 0 Å². The smallest absolute Gasteiger partial charge is 0.0478 e. The van der Waals surface area contributed by atoms with E-state index < -0.39 is 0 Å². The summed E-state index contributed by atoms with van der Waals surface area (Å²) in [5.41, 5.74) is 4.79. The molecule has 6 aromatic rings. The van der Waals surface area contributed by atoms with Gasteiger partial charge in [0, 0.05) is 36.9 Å². The maximum absolute atomic E-state index is 3.75. The van der Waals surface area contributed by atoms with Crippen molar-refractivity contribution >= 4 is 53.7 Å². The second-order valence-corrected chi connectivity index (χ2v) is 8.56. The first kappa shape index (κ1) is 17.3. The third-order valence-corrected chi connectivity index (χ3v) is 6.82. The number of benzene rings is 5. The Hall–Kier alpha value is -3.62. The van der Waals surface area contributed by atoms with E-state index in [9.17, 15) is 0 Å². The van der Waals surface area contributed by atoms with Crippen molar-refractivity contribution in [2.24, 2.45) is 0 Å². The summed E-state index contributed by atoms with van der Waals surface area (Å²) in [6, 6.07) is 38.9. The van der Waals surface area contributed by atoms with Gasteiger partial charge in [-0.1, -0.05) is 84.9 Å². The van der Waals surface area contributed by atoms with Gasteiger partial charge in [-0.2, -0.15) is 0 Å². The third-order valence-electron chi connectivity index (χ3n) is 5.68. The zero-order chi connectivity index (χ0) is 19.9. The van der Waals surface area contributed by atoms with Crippen molar-refractivity contribution in [3.8, 4) is 11.1 Å². The first-order chi connectivity index (χ1) is 14.9. The Morgan fingerprint density at radius 3 is 2.03 bits per heavy atom. The van der Waals surface area contributed by atoms with Gasteiger partial charge in [-0.3, -0.25) is 0 Å². The van der Waals surface area contributed by atoms with Gasteiger partial charge in [0.1, 0.15) is 0 Å². The molecule has 30 heavy (non-hydrogen) atoms. The van der Waals surface area contributed by atoms with E-state index in [2.05, 4.69) is 115 Å². The summed E-state index contributed by atoms with van der Waals surface area (Å²) in [4.78, 5) is 0. The number of anilines is 2. The van der Waals surface area contributed by atoms with Crippen LogP contribution in [-0.4, -0.2) is 0 Å². The SMILES string of the molecule is c1ccc(-c2ccc(Nc3cccc4sc5ccccc5c34)c3ccccc23)cc1. The van der Waals surface area contributed by atoms with Gasteiger partial charge in [-0.05, 0) is 40.8 Å². The predicted molar refractivity (Wildman–Crippen MR) is 132 cm³/mol. The van der Waals surface area contributed by atoms with Gasteiger partial charge in [0.05, 0.1) is 0 Å². The molecule has 0 amide bonds. The Morgan fingerprint density at radius 1 is 0.467 bits per heavy atom. The van der Waals surface area contributed by atoms with Crippen molar-refractivity contribution in [2.45, 2.75) is 0 Å². The topological polar surface area (TPSA) is 12.0 Å². The predicted octanol–water partition coefficient (Wildman–Crippen LogP) is 8.62. The molecule has 1 N–H and O–H groups in total. The standard InChI is InChI=1S/C28H19NS/c1-2-9-19(10-3-1)20-17-18-24(22-12-5-4-11-21(20)22)29-25-14-8-16-27-28(25)23-13-6-7-15-26(23)30-27/h1-18,29H. The molecule has 0 unspecified atom stereocenters. The van der Waals surface area contributed by atoms with Crippen LogP contribution in [0.3, 0.4) is 0 Å². The molecule has 0 saturated carbocycles. The Kier molecular flexibility index (Phi) is 4.03. The Balaban J connectivity index is 1.54. The maximum Gasteiger partial charge on any atom is 0.0478 e. The van der Waals surface area contributed by atoms with E-state index in [0.29, 0.717) is 0 Å². The lowest BCUT2D eigenvalue weighted by molar-refractivity contribution is 1.60. The number of nitrogens with one attached hydrogen (secondary N) is 1. The number of thiophene rings is 1. The average molecular weight is 402 g/mol. The molecule has 0 radical (unpaired) electrons. The molecule has 0 saturated heterocycles. The third kappa shape index (κ3) is 2.77. The summed E-state index contributed by atoms with van der Waals surface area (Å²) in [5, 5.41) is 8.86. The van der Waals surface area contributed by atoms with Crippen molar-refractivity contribution < 1.29 is 0 Å². The highest BCUT2D eigenvalue weighted by molar-refractivity contribution is 7.25. The van der Waals surface area contributed by atoms with Crippen LogP contribution in [0.25, 0.3) is 42.1 Å². The molecular formula is C28H19NS. The molecule has 1 heterocycles. The second-order valence-electron chi connectivity index (χ2n) is 7.47. The molecule has 0 aliphatic rings. The monoisotopic (exact) mass is 401 g/mol. The molecule has 1 aromatic heterocycles. The number of rotatable bonds is 3. The van der Waals surface area contributed by atoms with E-state index in [-0.39, 0.29) is 0 Å². The van der Waals surface area contributed by atoms with Gasteiger partial charge in [0.25, 0.3) is 0 Å². The van der Waals surface area contributed by atoms with Gasteiger partial charge in [-0.25, -0.2) is 0 Å². The van der Waals surface area contributed by atoms with E-state index in [1.54, 1.807) is 0 Å². The summed E-state index contributed by atoms with van der Waals surface area (Å²) in [7, 11) is 0. The van der Waals surface area contributed by atoms with E-state index in [4.69, 9.17) is 0 Å². The van der Waals surface area contributed by atoms with Crippen LogP contribution >= 0.6 is 11.3 Å². The summed E-state index contributed by atoms with van der Waals surface area (Å²) in [6.45, 7) is 0. The highest BCUT2D eigenvalue weighted by Gasteiger charge is 2.12. The first-order valence-electron chi connectivity index (χ1n) is 10.1. The second kappa shape index (κ2) is 7.01. The fourth-order valence-corrected chi connectivity index (χ4v) is 5.43. The van der Waals surface area contributed by atoms with Crippen LogP contribution in [0, 0.1) is 0 Å². The zero-order valence-corrected chi connectivity index (χ0v) is 17.1. The summed E-state index contributed by atoms with van der Waals surface area (Å²) in [5.74, 6) is 0. The molecular weight excluding hydrogens is 382 g/mol. The molecule has 142 valence electrons. The minimum atomic E-state index is 1.13. The van der Waals surface area contributed by atoms with Crippen LogP contribution in [0.1, 0.15) is 0 Å². The lowest BCUT2D eigenvalue weighted by Crippen LogP contribution is -1.93. The fraction of sp³-hybridized carbons (Fsp3) is 0. The first-order valence-corrected chi connectivity index (χ1v) is 10.9. The molecule has 0 aliphatic heterocycles. The number of hydrogen-bond donors (Lipinski definition) is 1. The van der Waals surface area contributed by atoms with Crippen LogP contribution in [-0.2, 0) is 0 Å². The molecule has 5 aromatic carbocycles. The normalized spacial score (nSPS) is 11.3. The van der Waals surface area contributed by atoms with Gasteiger partial charge >= 0.3 is 0 Å². The Labute approximate surface area is 179 Å². The van der Waals surface area contributed by atoms with E-state index in [1.807, 2.05) is 11.3 Å². The highest BCUT2D eigenvalue weighted by atomic mass is 32.1. The summed E-state index contributed by atoms with van der Waals surface area (Å²) < 4.78 is 2.64. The van der Waals surface area contributed by atoms with Crippen LogP contribution in [0.5, 0.6) is 0 Å². The van der Waals surface area contributed by atoms with Crippen LogP contribution < -0.4 is 5.32 Å². The van der Waals surface area contributed by atoms with Gasteiger partial charge in [-0.15, -0.1) is 11.3 Å². The van der Waals surface area contributed by atoms with Gasteiger partial charge in [0.15, 0.2) is 0 Å². The van der Waals surface area contributed by atoms with E-state index in [1.165, 1.54) is 42.1 Å². The number of hydrogen-bond acceptors (Lipinski definition) is 2. The van der Waals surface area contributed by atoms with E-state index in [0.717, 1.165) is 11.4 Å². The molecule has 6 rings (SSSR count). The zero-order valence-electron chi connectivity index (χ0n) is 16.3. The largest absolute Gasteiger partial charge is 0.354 e. The minimum absolute atomic E-state index is 1.13.